The van der Waals surface area contributed by atoms with E-state index in [0.717, 1.165) is 24.0 Å². The first-order valence-corrected chi connectivity index (χ1v) is 8.63. The fourth-order valence-electron chi connectivity index (χ4n) is 3.18. The van der Waals surface area contributed by atoms with Gasteiger partial charge in [-0.15, -0.1) is 5.10 Å². The number of carbonyl (C=O) groups is 1. The minimum Gasteiger partial charge on any atom is -0.328 e. The number of rotatable bonds is 5. The van der Waals surface area contributed by atoms with Gasteiger partial charge in [0.2, 0.25) is 0 Å². The Bertz CT molecular complexity index is 929. The standard InChI is InChI=1S/C18H19N7O/c1-2-5-16-8-4-9-24(16)17(26)14-7-3-6-13(10-14)15-11-19-25(12-15)18-20-22-23-21-18/h3-4,6-8,10-12,16H,2,5,9H2,1H3,(H,20,21,22,23)/t16-/m1/s1. The fourth-order valence-corrected chi connectivity index (χ4v) is 3.18. The third-order valence-corrected chi connectivity index (χ3v) is 4.47. The fraction of sp³-hybridized carbons (Fsp3) is 0.278. The number of hydrogen-bond acceptors (Lipinski definition) is 5. The van der Waals surface area contributed by atoms with E-state index in [4.69, 9.17) is 0 Å². The van der Waals surface area contributed by atoms with Crippen LogP contribution in [0.3, 0.4) is 0 Å². The van der Waals surface area contributed by atoms with Gasteiger partial charge in [-0.1, -0.05) is 42.7 Å². The van der Waals surface area contributed by atoms with E-state index in [2.05, 4.69) is 44.8 Å². The van der Waals surface area contributed by atoms with Crippen molar-refractivity contribution in [3.8, 4) is 17.1 Å². The van der Waals surface area contributed by atoms with Gasteiger partial charge in [0.05, 0.1) is 12.2 Å². The lowest BCUT2D eigenvalue weighted by Gasteiger charge is -2.24. The monoisotopic (exact) mass is 349 g/mol. The van der Waals surface area contributed by atoms with Gasteiger partial charge in [-0.3, -0.25) is 4.79 Å². The largest absolute Gasteiger partial charge is 0.328 e. The number of carbonyl (C=O) groups excluding carboxylic acids is 1. The highest BCUT2D eigenvalue weighted by Gasteiger charge is 2.25. The summed E-state index contributed by atoms with van der Waals surface area (Å²) in [4.78, 5) is 14.9. The minimum absolute atomic E-state index is 0.0564. The van der Waals surface area contributed by atoms with E-state index in [1.54, 1.807) is 6.20 Å². The molecule has 0 saturated heterocycles. The van der Waals surface area contributed by atoms with Crippen LogP contribution >= 0.6 is 0 Å². The Morgan fingerprint density at radius 3 is 3.08 bits per heavy atom. The molecule has 3 aromatic rings. The number of aromatic amines is 1. The summed E-state index contributed by atoms with van der Waals surface area (Å²) in [6.07, 6.45) is 9.76. The van der Waals surface area contributed by atoms with Crippen LogP contribution in [-0.2, 0) is 0 Å². The van der Waals surface area contributed by atoms with Crippen LogP contribution in [0.2, 0.25) is 0 Å². The smallest absolute Gasteiger partial charge is 0.290 e. The van der Waals surface area contributed by atoms with Crippen LogP contribution in [0, 0.1) is 0 Å². The molecule has 132 valence electrons. The number of H-pyrrole nitrogens is 1. The molecular formula is C18H19N7O. The van der Waals surface area contributed by atoms with Gasteiger partial charge in [-0.05, 0) is 29.3 Å². The van der Waals surface area contributed by atoms with Gasteiger partial charge in [0, 0.05) is 23.9 Å². The van der Waals surface area contributed by atoms with Gasteiger partial charge >= 0.3 is 0 Å². The number of nitrogens with one attached hydrogen (secondary N) is 1. The van der Waals surface area contributed by atoms with Crippen molar-refractivity contribution >= 4 is 5.91 Å². The van der Waals surface area contributed by atoms with Crippen LogP contribution < -0.4 is 0 Å². The van der Waals surface area contributed by atoms with E-state index >= 15 is 0 Å². The number of nitrogens with zero attached hydrogens (tertiary/aromatic N) is 6. The zero-order valence-electron chi connectivity index (χ0n) is 14.4. The molecule has 1 amide bonds. The third kappa shape index (κ3) is 3.01. The highest BCUT2D eigenvalue weighted by molar-refractivity contribution is 5.96. The molecule has 2 aromatic heterocycles. The van der Waals surface area contributed by atoms with Crippen LogP contribution in [0.15, 0.2) is 48.8 Å². The zero-order valence-corrected chi connectivity index (χ0v) is 14.4. The van der Waals surface area contributed by atoms with E-state index in [-0.39, 0.29) is 11.9 Å². The first kappa shape index (κ1) is 16.2. The maximum atomic E-state index is 12.9. The lowest BCUT2D eigenvalue weighted by molar-refractivity contribution is 0.0744. The van der Waals surface area contributed by atoms with Crippen LogP contribution in [0.5, 0.6) is 0 Å². The maximum absolute atomic E-state index is 12.9. The maximum Gasteiger partial charge on any atom is 0.290 e. The van der Waals surface area contributed by atoms with Crippen molar-refractivity contribution in [2.24, 2.45) is 0 Å². The number of amides is 1. The Hall–Kier alpha value is -3.29. The molecule has 0 saturated carbocycles. The first-order valence-electron chi connectivity index (χ1n) is 8.63. The average molecular weight is 349 g/mol. The van der Waals surface area contributed by atoms with E-state index < -0.39 is 0 Å². The van der Waals surface area contributed by atoms with Crippen molar-refractivity contribution < 1.29 is 4.79 Å². The Morgan fingerprint density at radius 2 is 2.27 bits per heavy atom. The summed E-state index contributed by atoms with van der Waals surface area (Å²) in [5.41, 5.74) is 2.48. The lowest BCUT2D eigenvalue weighted by atomic mass is 10.0. The van der Waals surface area contributed by atoms with E-state index in [0.29, 0.717) is 18.1 Å². The Labute approximate surface area is 150 Å². The normalized spacial score (nSPS) is 16.3. The quantitative estimate of drug-likeness (QED) is 0.713. The van der Waals surface area contributed by atoms with Crippen molar-refractivity contribution in [3.63, 3.8) is 0 Å². The van der Waals surface area contributed by atoms with Crippen molar-refractivity contribution in [1.82, 2.24) is 35.3 Å². The number of aromatic nitrogens is 6. The molecule has 8 heteroatoms. The van der Waals surface area contributed by atoms with E-state index in [9.17, 15) is 4.79 Å². The van der Waals surface area contributed by atoms with Crippen molar-refractivity contribution in [3.05, 3.63) is 54.4 Å². The van der Waals surface area contributed by atoms with Crippen LogP contribution in [0.4, 0.5) is 0 Å². The molecule has 1 aliphatic heterocycles. The lowest BCUT2D eigenvalue weighted by Crippen LogP contribution is -2.35. The molecule has 0 radical (unpaired) electrons. The Kier molecular flexibility index (Phi) is 4.30. The summed E-state index contributed by atoms with van der Waals surface area (Å²) in [7, 11) is 0. The second-order valence-electron chi connectivity index (χ2n) is 6.21. The SMILES string of the molecule is CCC[C@@H]1C=CCN1C(=O)c1cccc(-c2cnn(-c3nn[nH]n3)c2)c1. The zero-order chi connectivity index (χ0) is 17.9. The van der Waals surface area contributed by atoms with Gasteiger partial charge in [-0.25, -0.2) is 4.68 Å². The highest BCUT2D eigenvalue weighted by atomic mass is 16.2. The highest BCUT2D eigenvalue weighted by Crippen LogP contribution is 2.23. The van der Waals surface area contributed by atoms with Gasteiger partial charge in [0.1, 0.15) is 0 Å². The molecule has 26 heavy (non-hydrogen) atoms. The molecule has 1 N–H and O–H groups in total. The molecule has 1 aliphatic rings. The van der Waals surface area contributed by atoms with Gasteiger partial charge in [0.15, 0.2) is 0 Å². The number of benzene rings is 1. The molecule has 0 spiro atoms. The summed E-state index contributed by atoms with van der Waals surface area (Å²) < 4.78 is 1.54. The first-order chi connectivity index (χ1) is 12.8. The third-order valence-electron chi connectivity index (χ3n) is 4.47. The summed E-state index contributed by atoms with van der Waals surface area (Å²) in [5.74, 6) is 0.426. The van der Waals surface area contributed by atoms with Crippen molar-refractivity contribution in [2.45, 2.75) is 25.8 Å². The number of tetrazole rings is 1. The summed E-state index contributed by atoms with van der Waals surface area (Å²) in [5, 5.41) is 18.0. The predicted octanol–water partition coefficient (Wildman–Crippen LogP) is 2.23. The topological polar surface area (TPSA) is 92.6 Å². The molecule has 8 nitrogen and oxygen atoms in total. The van der Waals surface area contributed by atoms with Crippen LogP contribution in [-0.4, -0.2) is 53.8 Å². The van der Waals surface area contributed by atoms with Gasteiger partial charge in [0.25, 0.3) is 11.9 Å². The Balaban J connectivity index is 1.58. The van der Waals surface area contributed by atoms with Crippen molar-refractivity contribution in [1.29, 1.82) is 0 Å². The van der Waals surface area contributed by atoms with Gasteiger partial charge in [-0.2, -0.15) is 10.3 Å². The molecule has 0 aliphatic carbocycles. The van der Waals surface area contributed by atoms with Gasteiger partial charge < -0.3 is 4.90 Å². The summed E-state index contributed by atoms with van der Waals surface area (Å²) in [6, 6.07) is 7.81. The molecule has 3 heterocycles. The predicted molar refractivity (Wildman–Crippen MR) is 95.6 cm³/mol. The molecule has 1 atom stereocenters. The minimum atomic E-state index is 0.0564. The van der Waals surface area contributed by atoms with Crippen LogP contribution in [0.25, 0.3) is 17.1 Å². The average Bonchev–Trinajstić information content (AvgIpc) is 3.41. The van der Waals surface area contributed by atoms with Crippen molar-refractivity contribution in [2.75, 3.05) is 6.54 Å². The summed E-state index contributed by atoms with van der Waals surface area (Å²) in [6.45, 7) is 2.81. The molecular weight excluding hydrogens is 330 g/mol. The molecule has 0 bridgehead atoms. The second kappa shape index (κ2) is 6.91. The second-order valence-corrected chi connectivity index (χ2v) is 6.21. The molecule has 4 rings (SSSR count). The van der Waals surface area contributed by atoms with E-state index in [1.807, 2.05) is 35.4 Å². The van der Waals surface area contributed by atoms with Crippen LogP contribution in [0.1, 0.15) is 30.1 Å². The Morgan fingerprint density at radius 1 is 1.35 bits per heavy atom. The molecule has 0 unspecified atom stereocenters. The van der Waals surface area contributed by atoms with E-state index in [1.165, 1.54) is 4.68 Å². The molecule has 1 aromatic carbocycles. The summed E-state index contributed by atoms with van der Waals surface area (Å²) >= 11 is 0. The molecule has 0 fully saturated rings. The number of hydrogen-bond donors (Lipinski definition) is 1.